The highest BCUT2D eigenvalue weighted by molar-refractivity contribution is 7.92. The van der Waals surface area contributed by atoms with E-state index in [0.717, 1.165) is 12.8 Å². The number of hydrogen-bond donors (Lipinski definition) is 0. The molecule has 0 N–H and O–H groups in total. The Balaban J connectivity index is 2.11. The average molecular weight is 376 g/mol. The first kappa shape index (κ1) is 19.0. The summed E-state index contributed by atoms with van der Waals surface area (Å²) in [5, 5.41) is 4.75. The molecular formula is C20H29N3O2S. The molecule has 1 aliphatic rings. The molecule has 1 aliphatic carbocycles. The maximum Gasteiger partial charge on any atom is 0.267 e. The van der Waals surface area contributed by atoms with Gasteiger partial charge in [0.1, 0.15) is 4.90 Å². The van der Waals surface area contributed by atoms with Crippen molar-refractivity contribution in [3.63, 3.8) is 0 Å². The Bertz CT molecular complexity index is 845. The summed E-state index contributed by atoms with van der Waals surface area (Å²) in [6, 6.07) is 9.59. The zero-order valence-corrected chi connectivity index (χ0v) is 17.0. The third-order valence-electron chi connectivity index (χ3n) is 5.01. The number of rotatable bonds is 5. The van der Waals surface area contributed by atoms with Gasteiger partial charge in [0.15, 0.2) is 0 Å². The van der Waals surface area contributed by atoms with Crippen molar-refractivity contribution >= 4 is 15.7 Å². The quantitative estimate of drug-likeness (QED) is 0.772. The second-order valence-electron chi connectivity index (χ2n) is 8.02. The van der Waals surface area contributed by atoms with E-state index in [9.17, 15) is 8.42 Å². The van der Waals surface area contributed by atoms with E-state index in [1.807, 2.05) is 62.7 Å². The van der Waals surface area contributed by atoms with Crippen molar-refractivity contribution in [2.24, 2.45) is 0 Å². The molecule has 1 saturated carbocycles. The lowest BCUT2D eigenvalue weighted by molar-refractivity contribution is 0.448. The van der Waals surface area contributed by atoms with Crippen LogP contribution in [0.3, 0.4) is 0 Å². The van der Waals surface area contributed by atoms with E-state index in [1.165, 1.54) is 17.1 Å². The maximum atomic E-state index is 13.5. The van der Waals surface area contributed by atoms with Gasteiger partial charge in [-0.3, -0.25) is 8.99 Å². The lowest BCUT2D eigenvalue weighted by atomic mass is 9.92. The van der Waals surface area contributed by atoms with Crippen LogP contribution in [0.1, 0.15) is 65.1 Å². The average Bonchev–Trinajstić information content (AvgIpc) is 3.25. The lowest BCUT2D eigenvalue weighted by Crippen LogP contribution is -2.32. The van der Waals surface area contributed by atoms with Crippen LogP contribution < -0.4 is 4.31 Å². The van der Waals surface area contributed by atoms with E-state index in [-0.39, 0.29) is 5.41 Å². The summed E-state index contributed by atoms with van der Waals surface area (Å²) in [4.78, 5) is 0.336. The number of benzene rings is 1. The molecule has 0 radical (unpaired) electrons. The van der Waals surface area contributed by atoms with Crippen LogP contribution in [-0.4, -0.2) is 24.7 Å². The van der Waals surface area contributed by atoms with Gasteiger partial charge in [0.2, 0.25) is 0 Å². The van der Waals surface area contributed by atoms with Gasteiger partial charge in [-0.25, -0.2) is 8.42 Å². The van der Waals surface area contributed by atoms with E-state index >= 15 is 0 Å². The first-order valence-electron chi connectivity index (χ1n) is 9.42. The summed E-state index contributed by atoms with van der Waals surface area (Å²) in [6.07, 6.45) is 6.27. The van der Waals surface area contributed by atoms with Gasteiger partial charge in [-0.05, 0) is 31.9 Å². The normalized spacial score (nSPS) is 16.2. The molecule has 1 fully saturated rings. The predicted molar refractivity (Wildman–Crippen MR) is 105 cm³/mol. The number of nitrogens with zero attached hydrogens (tertiary/aromatic N) is 3. The van der Waals surface area contributed by atoms with Crippen LogP contribution in [-0.2, 0) is 15.4 Å². The molecule has 2 aromatic rings. The summed E-state index contributed by atoms with van der Waals surface area (Å²) < 4.78 is 30.4. The van der Waals surface area contributed by atoms with Crippen LogP contribution in [0.2, 0.25) is 0 Å². The molecule has 3 rings (SSSR count). The van der Waals surface area contributed by atoms with E-state index in [4.69, 9.17) is 5.10 Å². The van der Waals surface area contributed by atoms with Gasteiger partial charge < -0.3 is 0 Å². The number of anilines is 1. The summed E-state index contributed by atoms with van der Waals surface area (Å²) in [5.41, 5.74) is 0.991. The number of para-hydroxylation sites is 1. The molecule has 0 bridgehead atoms. The van der Waals surface area contributed by atoms with Crippen LogP contribution in [0, 0.1) is 0 Å². The Morgan fingerprint density at radius 3 is 2.31 bits per heavy atom. The Morgan fingerprint density at radius 1 is 1.15 bits per heavy atom. The molecular weight excluding hydrogens is 346 g/mol. The molecule has 0 aliphatic heterocycles. The van der Waals surface area contributed by atoms with Gasteiger partial charge in [-0.1, -0.05) is 51.8 Å². The van der Waals surface area contributed by atoms with Crippen molar-refractivity contribution in [1.29, 1.82) is 0 Å². The van der Waals surface area contributed by atoms with Gasteiger partial charge >= 0.3 is 0 Å². The molecule has 0 saturated heterocycles. The highest BCUT2D eigenvalue weighted by Crippen LogP contribution is 2.35. The molecule has 0 amide bonds. The Morgan fingerprint density at radius 2 is 1.77 bits per heavy atom. The van der Waals surface area contributed by atoms with Crippen LogP contribution in [0.4, 0.5) is 5.69 Å². The summed E-state index contributed by atoms with van der Waals surface area (Å²) in [5.74, 6) is 0. The van der Waals surface area contributed by atoms with Crippen LogP contribution >= 0.6 is 0 Å². The fourth-order valence-corrected chi connectivity index (χ4v) is 5.45. The Kier molecular flexibility index (Phi) is 5.15. The Hall–Kier alpha value is -1.82. The van der Waals surface area contributed by atoms with Crippen LogP contribution in [0.5, 0.6) is 0 Å². The van der Waals surface area contributed by atoms with Crippen molar-refractivity contribution in [2.75, 3.05) is 10.8 Å². The van der Waals surface area contributed by atoms with Gasteiger partial charge in [0.25, 0.3) is 10.0 Å². The van der Waals surface area contributed by atoms with Crippen molar-refractivity contribution < 1.29 is 8.42 Å². The van der Waals surface area contributed by atoms with Gasteiger partial charge in [-0.15, -0.1) is 0 Å². The highest BCUT2D eigenvalue weighted by atomic mass is 32.2. The van der Waals surface area contributed by atoms with Crippen LogP contribution in [0.15, 0.2) is 41.4 Å². The fourth-order valence-electron chi connectivity index (χ4n) is 3.64. The van der Waals surface area contributed by atoms with E-state index in [0.29, 0.717) is 28.9 Å². The number of aromatic nitrogens is 2. The Labute approximate surface area is 157 Å². The minimum absolute atomic E-state index is 0.312. The SMILES string of the molecule is CCN(c1ccccc1)S(=O)(=O)c1cn(C2CCCC2)nc1C(C)(C)C. The molecule has 26 heavy (non-hydrogen) atoms. The number of hydrogen-bond acceptors (Lipinski definition) is 3. The van der Waals surface area contributed by atoms with Gasteiger partial charge in [0, 0.05) is 18.2 Å². The smallest absolute Gasteiger partial charge is 0.267 e. The van der Waals surface area contributed by atoms with E-state index in [2.05, 4.69) is 0 Å². The van der Waals surface area contributed by atoms with Crippen molar-refractivity contribution in [2.45, 2.75) is 69.7 Å². The van der Waals surface area contributed by atoms with E-state index < -0.39 is 10.0 Å². The molecule has 1 aromatic carbocycles. The second-order valence-corrected chi connectivity index (χ2v) is 9.85. The van der Waals surface area contributed by atoms with Crippen molar-refractivity contribution in [1.82, 2.24) is 9.78 Å². The molecule has 0 unspecified atom stereocenters. The largest absolute Gasteiger partial charge is 0.268 e. The third-order valence-corrected chi connectivity index (χ3v) is 6.91. The van der Waals surface area contributed by atoms with Gasteiger partial charge in [0.05, 0.1) is 17.4 Å². The van der Waals surface area contributed by atoms with Crippen molar-refractivity contribution in [3.8, 4) is 0 Å². The minimum atomic E-state index is -3.68. The lowest BCUT2D eigenvalue weighted by Gasteiger charge is -2.24. The third kappa shape index (κ3) is 3.52. The van der Waals surface area contributed by atoms with Gasteiger partial charge in [-0.2, -0.15) is 5.10 Å². The topological polar surface area (TPSA) is 55.2 Å². The first-order valence-corrected chi connectivity index (χ1v) is 10.9. The highest BCUT2D eigenvalue weighted by Gasteiger charge is 2.35. The zero-order chi connectivity index (χ0) is 18.9. The molecule has 142 valence electrons. The summed E-state index contributed by atoms with van der Waals surface area (Å²) >= 11 is 0. The summed E-state index contributed by atoms with van der Waals surface area (Å²) in [7, 11) is -3.68. The van der Waals surface area contributed by atoms with Crippen molar-refractivity contribution in [3.05, 3.63) is 42.2 Å². The van der Waals surface area contributed by atoms with E-state index in [1.54, 1.807) is 6.20 Å². The maximum absolute atomic E-state index is 13.5. The molecule has 5 nitrogen and oxygen atoms in total. The standard InChI is InChI=1S/C20H29N3O2S/c1-5-23(17-13-7-6-8-14-17)26(24,25)18-15-22(16-11-9-10-12-16)21-19(18)20(2,3)4/h6-8,13-16H,5,9-12H2,1-4H3. The molecule has 1 aromatic heterocycles. The molecule has 6 heteroatoms. The number of sulfonamides is 1. The fraction of sp³-hybridized carbons (Fsp3) is 0.550. The zero-order valence-electron chi connectivity index (χ0n) is 16.1. The molecule has 1 heterocycles. The molecule has 0 atom stereocenters. The van der Waals surface area contributed by atoms with Crippen LogP contribution in [0.25, 0.3) is 0 Å². The minimum Gasteiger partial charge on any atom is -0.268 e. The molecule has 0 spiro atoms. The summed E-state index contributed by atoms with van der Waals surface area (Å²) in [6.45, 7) is 8.30. The predicted octanol–water partition coefficient (Wildman–Crippen LogP) is 4.51. The second kappa shape index (κ2) is 7.06. The first-order chi connectivity index (χ1) is 12.2. The monoisotopic (exact) mass is 375 g/mol.